The van der Waals surface area contributed by atoms with Crippen LogP contribution in [0.4, 0.5) is 4.39 Å². The smallest absolute Gasteiger partial charge is 0.142 e. The van der Waals surface area contributed by atoms with Gasteiger partial charge in [-0.15, -0.1) is 0 Å². The van der Waals surface area contributed by atoms with Crippen molar-refractivity contribution in [2.75, 3.05) is 13.2 Å². The largest absolute Gasteiger partial charge is 0.493 e. The number of hydrogen-bond donors (Lipinski definition) is 1. The van der Waals surface area contributed by atoms with Crippen LogP contribution in [0.1, 0.15) is 32.3 Å². The minimum absolute atomic E-state index is 0.229. The molecule has 2 N–H and O–H groups in total. The van der Waals surface area contributed by atoms with Gasteiger partial charge in [0.1, 0.15) is 11.6 Å². The summed E-state index contributed by atoms with van der Waals surface area (Å²) in [6.45, 7) is 5.11. The van der Waals surface area contributed by atoms with Crippen molar-refractivity contribution in [1.82, 2.24) is 0 Å². The summed E-state index contributed by atoms with van der Waals surface area (Å²) in [5.41, 5.74) is 5.60. The van der Waals surface area contributed by atoms with E-state index in [1.807, 2.05) is 0 Å². The fraction of sp³-hybridized carbons (Fsp3) is 0.467. The van der Waals surface area contributed by atoms with Gasteiger partial charge in [-0.2, -0.15) is 0 Å². The molecule has 0 aliphatic heterocycles. The highest BCUT2D eigenvalue weighted by Crippen LogP contribution is 2.18. The van der Waals surface area contributed by atoms with Crippen LogP contribution in [0.5, 0.6) is 5.75 Å². The molecular weight excluding hydrogens is 229 g/mol. The number of hydrogen-bond acceptors (Lipinski definition) is 2. The molecule has 0 atom stereocenters. The highest BCUT2D eigenvalue weighted by Gasteiger charge is 2.06. The zero-order chi connectivity index (χ0) is 13.4. The van der Waals surface area contributed by atoms with Crippen molar-refractivity contribution in [3.8, 4) is 17.6 Å². The van der Waals surface area contributed by atoms with E-state index in [2.05, 4.69) is 25.7 Å². The van der Waals surface area contributed by atoms with Crippen molar-refractivity contribution in [2.45, 2.75) is 26.7 Å². The highest BCUT2D eigenvalue weighted by atomic mass is 19.1. The summed E-state index contributed by atoms with van der Waals surface area (Å²) in [5, 5.41) is 0. The first kappa shape index (κ1) is 14.5. The van der Waals surface area contributed by atoms with Crippen molar-refractivity contribution < 1.29 is 9.13 Å². The molecule has 3 heteroatoms. The van der Waals surface area contributed by atoms with Crippen LogP contribution in [0.2, 0.25) is 0 Å². The van der Waals surface area contributed by atoms with E-state index in [1.165, 1.54) is 6.07 Å². The van der Waals surface area contributed by atoms with E-state index in [4.69, 9.17) is 10.5 Å². The van der Waals surface area contributed by atoms with Crippen LogP contribution in [0.3, 0.4) is 0 Å². The molecule has 0 aliphatic carbocycles. The highest BCUT2D eigenvalue weighted by molar-refractivity contribution is 5.39. The van der Waals surface area contributed by atoms with Crippen LogP contribution in [0.25, 0.3) is 0 Å². The minimum atomic E-state index is -0.363. The van der Waals surface area contributed by atoms with Gasteiger partial charge in [0.15, 0.2) is 0 Å². The minimum Gasteiger partial charge on any atom is -0.493 e. The summed E-state index contributed by atoms with van der Waals surface area (Å²) in [6, 6.07) is 4.75. The van der Waals surface area contributed by atoms with Gasteiger partial charge in [-0.3, -0.25) is 0 Å². The molecule has 2 nitrogen and oxygen atoms in total. The van der Waals surface area contributed by atoms with Crippen LogP contribution in [0.15, 0.2) is 18.2 Å². The lowest BCUT2D eigenvalue weighted by Crippen LogP contribution is -2.10. The number of ether oxygens (including phenoxy) is 1. The van der Waals surface area contributed by atoms with Crippen molar-refractivity contribution >= 4 is 0 Å². The quantitative estimate of drug-likeness (QED) is 0.814. The zero-order valence-corrected chi connectivity index (χ0v) is 11.0. The number of nitrogens with two attached hydrogens (primary N) is 1. The van der Waals surface area contributed by atoms with Gasteiger partial charge in [0, 0.05) is 6.07 Å². The van der Waals surface area contributed by atoms with E-state index in [9.17, 15) is 4.39 Å². The maximum atomic E-state index is 13.6. The average molecular weight is 249 g/mol. The molecule has 0 heterocycles. The molecule has 1 rings (SSSR count). The van der Waals surface area contributed by atoms with Gasteiger partial charge in [0.25, 0.3) is 0 Å². The number of halogens is 1. The van der Waals surface area contributed by atoms with Crippen LogP contribution in [-0.4, -0.2) is 13.2 Å². The standard InChI is InChI=1S/C15H20FNO/c1-3-12(4-2)11-18-14-8-7-13(6-5-9-17)15(16)10-14/h7-8,10,12H,3-4,9,11,17H2,1-2H3. The van der Waals surface area contributed by atoms with Gasteiger partial charge in [-0.05, 0) is 18.1 Å². The van der Waals surface area contributed by atoms with Gasteiger partial charge in [0.2, 0.25) is 0 Å². The molecule has 0 fully saturated rings. The topological polar surface area (TPSA) is 35.2 Å². The lowest BCUT2D eigenvalue weighted by Gasteiger charge is -2.13. The summed E-state index contributed by atoms with van der Waals surface area (Å²) in [7, 11) is 0. The number of rotatable bonds is 5. The van der Waals surface area contributed by atoms with E-state index in [0.717, 1.165) is 12.8 Å². The Hall–Kier alpha value is -1.53. The average Bonchev–Trinajstić information content (AvgIpc) is 2.39. The first-order chi connectivity index (χ1) is 8.71. The summed E-state index contributed by atoms with van der Waals surface area (Å²) in [5.74, 6) is 6.02. The van der Waals surface area contributed by atoms with E-state index < -0.39 is 0 Å². The molecule has 0 aliphatic rings. The van der Waals surface area contributed by atoms with Crippen molar-refractivity contribution in [1.29, 1.82) is 0 Å². The Morgan fingerprint density at radius 1 is 1.33 bits per heavy atom. The summed E-state index contributed by atoms with van der Waals surface area (Å²) in [6.07, 6.45) is 2.14. The number of benzene rings is 1. The van der Waals surface area contributed by atoms with E-state index in [-0.39, 0.29) is 12.4 Å². The second-order valence-electron chi connectivity index (χ2n) is 4.14. The molecule has 18 heavy (non-hydrogen) atoms. The first-order valence-electron chi connectivity index (χ1n) is 6.32. The van der Waals surface area contributed by atoms with Crippen LogP contribution in [0, 0.1) is 23.6 Å². The lowest BCUT2D eigenvalue weighted by atomic mass is 10.1. The molecular formula is C15H20FNO. The monoisotopic (exact) mass is 249 g/mol. The van der Waals surface area contributed by atoms with Crippen molar-refractivity contribution in [2.24, 2.45) is 11.7 Å². The molecule has 0 aromatic heterocycles. The fourth-order valence-electron chi connectivity index (χ4n) is 1.57. The third-order valence-corrected chi connectivity index (χ3v) is 2.91. The van der Waals surface area contributed by atoms with Gasteiger partial charge < -0.3 is 10.5 Å². The van der Waals surface area contributed by atoms with Gasteiger partial charge in [-0.1, -0.05) is 38.5 Å². The molecule has 0 spiro atoms. The fourth-order valence-corrected chi connectivity index (χ4v) is 1.57. The molecule has 1 aromatic carbocycles. The summed E-state index contributed by atoms with van der Waals surface area (Å²) >= 11 is 0. The predicted molar refractivity (Wildman–Crippen MR) is 71.9 cm³/mol. The summed E-state index contributed by atoms with van der Waals surface area (Å²) in [4.78, 5) is 0. The Morgan fingerprint density at radius 3 is 2.61 bits per heavy atom. The van der Waals surface area contributed by atoms with E-state index >= 15 is 0 Å². The third-order valence-electron chi connectivity index (χ3n) is 2.91. The van der Waals surface area contributed by atoms with Crippen LogP contribution < -0.4 is 10.5 Å². The predicted octanol–water partition coefficient (Wildman–Crippen LogP) is 2.95. The molecule has 0 saturated heterocycles. The molecule has 1 aromatic rings. The Balaban J connectivity index is 2.66. The molecule has 0 bridgehead atoms. The lowest BCUT2D eigenvalue weighted by molar-refractivity contribution is 0.240. The Labute approximate surface area is 108 Å². The first-order valence-corrected chi connectivity index (χ1v) is 6.32. The summed E-state index contributed by atoms with van der Waals surface area (Å²) < 4.78 is 19.2. The zero-order valence-electron chi connectivity index (χ0n) is 11.0. The van der Waals surface area contributed by atoms with Gasteiger partial charge >= 0.3 is 0 Å². The van der Waals surface area contributed by atoms with E-state index in [1.54, 1.807) is 12.1 Å². The molecule has 0 radical (unpaired) electrons. The van der Waals surface area contributed by atoms with Crippen molar-refractivity contribution in [3.63, 3.8) is 0 Å². The maximum Gasteiger partial charge on any atom is 0.142 e. The van der Waals surface area contributed by atoms with Gasteiger partial charge in [-0.25, -0.2) is 4.39 Å². The molecule has 0 amide bonds. The third kappa shape index (κ3) is 4.38. The van der Waals surface area contributed by atoms with Crippen LogP contribution >= 0.6 is 0 Å². The molecule has 98 valence electrons. The Morgan fingerprint density at radius 2 is 2.06 bits per heavy atom. The maximum absolute atomic E-state index is 13.6. The SMILES string of the molecule is CCC(CC)COc1ccc(C#CCN)c(F)c1. The second-order valence-corrected chi connectivity index (χ2v) is 4.14. The Kier molecular flexibility index (Phi) is 6.24. The Bertz CT molecular complexity index is 430. The van der Waals surface area contributed by atoms with Gasteiger partial charge in [0.05, 0.1) is 18.7 Å². The van der Waals surface area contributed by atoms with Crippen molar-refractivity contribution in [3.05, 3.63) is 29.6 Å². The molecule has 0 unspecified atom stereocenters. The van der Waals surface area contributed by atoms with E-state index in [0.29, 0.717) is 23.8 Å². The second kappa shape index (κ2) is 7.73. The normalized spacial score (nSPS) is 10.1. The molecule has 0 saturated carbocycles. The van der Waals surface area contributed by atoms with Crippen LogP contribution in [-0.2, 0) is 0 Å².